The molecular weight excluding hydrogens is 176 g/mol. The van der Waals surface area contributed by atoms with E-state index in [9.17, 15) is 0 Å². The van der Waals surface area contributed by atoms with Crippen molar-refractivity contribution in [3.63, 3.8) is 0 Å². The first-order chi connectivity index (χ1) is 5.65. The van der Waals surface area contributed by atoms with Crippen LogP contribution in [0.25, 0.3) is 0 Å². The molecule has 0 bridgehead atoms. The highest BCUT2D eigenvalue weighted by Crippen LogP contribution is 2.22. The zero-order chi connectivity index (χ0) is 9.14. The molecule has 1 atom stereocenters. The molecule has 0 aliphatic rings. The predicted octanol–water partition coefficient (Wildman–Crippen LogP) is 1.99. The van der Waals surface area contributed by atoms with Crippen molar-refractivity contribution in [3.8, 4) is 0 Å². The molecule has 1 aromatic rings. The number of hydrogen-bond acceptors (Lipinski definition) is 3. The molecule has 0 spiro atoms. The highest BCUT2D eigenvalue weighted by Gasteiger charge is 2.09. The van der Waals surface area contributed by atoms with Crippen molar-refractivity contribution in [1.82, 2.24) is 4.98 Å². The first-order valence-electron chi connectivity index (χ1n) is 3.63. The quantitative estimate of drug-likeness (QED) is 0.568. The molecule has 1 heterocycles. The third-order valence-corrected chi connectivity index (χ3v) is 1.96. The van der Waals surface area contributed by atoms with Crippen LogP contribution in [0.3, 0.4) is 0 Å². The monoisotopic (exact) mass is 186 g/mol. The van der Waals surface area contributed by atoms with Gasteiger partial charge in [-0.3, -0.25) is 4.84 Å². The van der Waals surface area contributed by atoms with E-state index in [2.05, 4.69) is 9.82 Å². The lowest BCUT2D eigenvalue weighted by Gasteiger charge is -2.09. The predicted molar refractivity (Wildman–Crippen MR) is 47.7 cm³/mol. The molecule has 1 unspecified atom stereocenters. The minimum Gasteiger partial charge on any atom is -0.297 e. The van der Waals surface area contributed by atoms with E-state index >= 15 is 0 Å². The first kappa shape index (κ1) is 9.45. The van der Waals surface area contributed by atoms with E-state index in [1.807, 2.05) is 26.0 Å². The van der Waals surface area contributed by atoms with Gasteiger partial charge in [0.2, 0.25) is 0 Å². The Kier molecular flexibility index (Phi) is 3.03. The number of pyridine rings is 1. The molecule has 0 amide bonds. The fourth-order valence-corrected chi connectivity index (χ4v) is 1.26. The molecule has 1 aromatic heterocycles. The van der Waals surface area contributed by atoms with Crippen LogP contribution in [0.1, 0.15) is 24.3 Å². The number of aryl methyl sites for hydroxylation is 1. The first-order valence-corrected chi connectivity index (χ1v) is 4.01. The zero-order valence-electron chi connectivity index (χ0n) is 7.04. The maximum absolute atomic E-state index is 5.86. The van der Waals surface area contributed by atoms with E-state index in [-0.39, 0.29) is 6.10 Å². The lowest BCUT2D eigenvalue weighted by Crippen LogP contribution is -2.06. The van der Waals surface area contributed by atoms with Gasteiger partial charge < -0.3 is 0 Å². The fraction of sp³-hybridized carbons (Fsp3) is 0.375. The van der Waals surface area contributed by atoms with Gasteiger partial charge in [0.25, 0.3) is 0 Å². The van der Waals surface area contributed by atoms with Gasteiger partial charge >= 0.3 is 0 Å². The van der Waals surface area contributed by atoms with Gasteiger partial charge in [-0.2, -0.15) is 0 Å². The molecule has 0 saturated carbocycles. The molecule has 12 heavy (non-hydrogen) atoms. The van der Waals surface area contributed by atoms with Crippen LogP contribution in [0, 0.1) is 6.92 Å². The maximum Gasteiger partial charge on any atom is 0.135 e. The minimum atomic E-state index is -0.217. The summed E-state index contributed by atoms with van der Waals surface area (Å²) >= 11 is 5.86. The summed E-state index contributed by atoms with van der Waals surface area (Å²) in [4.78, 5) is 8.70. The van der Waals surface area contributed by atoms with Gasteiger partial charge in [-0.25, -0.2) is 10.9 Å². The summed E-state index contributed by atoms with van der Waals surface area (Å²) in [5.41, 5.74) is 1.69. The molecule has 0 saturated heterocycles. The van der Waals surface area contributed by atoms with Crippen molar-refractivity contribution in [3.05, 3.63) is 28.5 Å². The smallest absolute Gasteiger partial charge is 0.135 e. The van der Waals surface area contributed by atoms with Crippen LogP contribution in [-0.2, 0) is 4.84 Å². The van der Waals surface area contributed by atoms with Gasteiger partial charge in [0.1, 0.15) is 11.3 Å². The van der Waals surface area contributed by atoms with Crippen LogP contribution in [0.4, 0.5) is 0 Å². The van der Waals surface area contributed by atoms with E-state index in [0.29, 0.717) is 5.15 Å². The molecular formula is C8H11ClN2O. The number of halogens is 1. The normalized spacial score (nSPS) is 13.0. The van der Waals surface area contributed by atoms with Crippen LogP contribution in [0.15, 0.2) is 12.1 Å². The van der Waals surface area contributed by atoms with Crippen LogP contribution in [-0.4, -0.2) is 4.98 Å². The molecule has 0 aliphatic carbocycles. The third kappa shape index (κ3) is 1.94. The highest BCUT2D eigenvalue weighted by molar-refractivity contribution is 6.30. The molecule has 4 heteroatoms. The van der Waals surface area contributed by atoms with Crippen molar-refractivity contribution in [2.75, 3.05) is 0 Å². The van der Waals surface area contributed by atoms with Gasteiger partial charge in [0.05, 0.1) is 0 Å². The summed E-state index contributed by atoms with van der Waals surface area (Å²) < 4.78 is 0. The standard InChI is InChI=1S/C8H11ClN2O/c1-5-3-4-7(6(2)12-10)8(9)11-5/h3-4,6H,10H2,1-2H3. The van der Waals surface area contributed by atoms with Crippen molar-refractivity contribution in [1.29, 1.82) is 0 Å². The molecule has 0 radical (unpaired) electrons. The summed E-state index contributed by atoms with van der Waals surface area (Å²) in [5, 5.41) is 0.452. The number of nitrogens with zero attached hydrogens (tertiary/aromatic N) is 1. The topological polar surface area (TPSA) is 48.1 Å². The Balaban J connectivity index is 3.01. The second-order valence-electron chi connectivity index (χ2n) is 2.61. The Hall–Kier alpha value is -0.640. The van der Waals surface area contributed by atoms with Crippen LogP contribution in [0.5, 0.6) is 0 Å². The largest absolute Gasteiger partial charge is 0.297 e. The number of rotatable bonds is 2. The van der Waals surface area contributed by atoms with E-state index in [1.165, 1.54) is 0 Å². The van der Waals surface area contributed by atoms with Crippen molar-refractivity contribution < 1.29 is 4.84 Å². The van der Waals surface area contributed by atoms with E-state index in [4.69, 9.17) is 17.5 Å². The molecule has 0 aliphatic heterocycles. The summed E-state index contributed by atoms with van der Waals surface area (Å²) in [7, 11) is 0. The van der Waals surface area contributed by atoms with E-state index < -0.39 is 0 Å². The second-order valence-corrected chi connectivity index (χ2v) is 2.97. The van der Waals surface area contributed by atoms with Crippen molar-refractivity contribution in [2.24, 2.45) is 5.90 Å². The Labute approximate surface area is 76.5 Å². The Morgan fingerprint density at radius 1 is 1.58 bits per heavy atom. The zero-order valence-corrected chi connectivity index (χ0v) is 7.80. The van der Waals surface area contributed by atoms with Crippen molar-refractivity contribution >= 4 is 11.6 Å². The molecule has 66 valence electrons. The SMILES string of the molecule is Cc1ccc(C(C)ON)c(Cl)n1. The maximum atomic E-state index is 5.86. The second kappa shape index (κ2) is 3.85. The summed E-state index contributed by atoms with van der Waals surface area (Å²) in [6.07, 6.45) is -0.217. The average Bonchev–Trinajstić information content (AvgIpc) is 2.03. The van der Waals surface area contributed by atoms with Gasteiger partial charge in [0.15, 0.2) is 0 Å². The number of aromatic nitrogens is 1. The van der Waals surface area contributed by atoms with E-state index in [0.717, 1.165) is 11.3 Å². The van der Waals surface area contributed by atoms with Gasteiger partial charge in [-0.1, -0.05) is 17.7 Å². The molecule has 0 aromatic carbocycles. The summed E-state index contributed by atoms with van der Waals surface area (Å²) in [5.74, 6) is 5.02. The highest BCUT2D eigenvalue weighted by atomic mass is 35.5. The summed E-state index contributed by atoms with van der Waals surface area (Å²) in [6.45, 7) is 3.70. The number of hydrogen-bond donors (Lipinski definition) is 1. The molecule has 2 N–H and O–H groups in total. The van der Waals surface area contributed by atoms with Crippen LogP contribution >= 0.6 is 11.6 Å². The molecule has 0 fully saturated rings. The van der Waals surface area contributed by atoms with Gasteiger partial charge in [-0.05, 0) is 19.9 Å². The Morgan fingerprint density at radius 3 is 2.75 bits per heavy atom. The van der Waals surface area contributed by atoms with Crippen LogP contribution < -0.4 is 5.90 Å². The lowest BCUT2D eigenvalue weighted by atomic mass is 10.2. The van der Waals surface area contributed by atoms with Gasteiger partial charge in [-0.15, -0.1) is 0 Å². The Morgan fingerprint density at radius 2 is 2.25 bits per heavy atom. The minimum absolute atomic E-state index is 0.217. The van der Waals surface area contributed by atoms with Crippen molar-refractivity contribution in [2.45, 2.75) is 20.0 Å². The molecule has 3 nitrogen and oxygen atoms in total. The van der Waals surface area contributed by atoms with Gasteiger partial charge in [0, 0.05) is 11.3 Å². The average molecular weight is 187 g/mol. The fourth-order valence-electron chi connectivity index (χ4n) is 0.912. The van der Waals surface area contributed by atoms with Crippen LogP contribution in [0.2, 0.25) is 5.15 Å². The summed E-state index contributed by atoms with van der Waals surface area (Å²) in [6, 6.07) is 3.74. The Bertz CT molecular complexity index is 278. The third-order valence-electron chi connectivity index (χ3n) is 1.66. The molecule has 1 rings (SSSR count). The lowest BCUT2D eigenvalue weighted by molar-refractivity contribution is 0.0662. The number of nitrogens with two attached hydrogens (primary N) is 1. The van der Waals surface area contributed by atoms with E-state index in [1.54, 1.807) is 0 Å².